The van der Waals surface area contributed by atoms with Gasteiger partial charge in [0, 0.05) is 12.2 Å². The van der Waals surface area contributed by atoms with Gasteiger partial charge in [0.15, 0.2) is 0 Å². The normalized spacial score (nSPS) is 19.5. The van der Waals surface area contributed by atoms with Gasteiger partial charge in [0.2, 0.25) is 0 Å². The molecule has 1 atom stereocenters. The molecule has 60 valence electrons. The Kier molecular flexibility index (Phi) is 1.51. The van der Waals surface area contributed by atoms with E-state index in [0.29, 0.717) is 0 Å². The van der Waals surface area contributed by atoms with Crippen LogP contribution in [0.1, 0.15) is 17.0 Å². The Labute approximate surface area is 71.8 Å². The first-order chi connectivity index (χ1) is 5.83. The summed E-state index contributed by atoms with van der Waals surface area (Å²) in [5.74, 6) is 0.0416. The van der Waals surface area contributed by atoms with Crippen LogP contribution in [0.5, 0.6) is 0 Å². The van der Waals surface area contributed by atoms with Crippen LogP contribution in [-0.2, 0) is 0 Å². The van der Waals surface area contributed by atoms with E-state index in [-0.39, 0.29) is 5.92 Å². The van der Waals surface area contributed by atoms with Crippen LogP contribution in [0.25, 0.3) is 0 Å². The molecule has 0 fully saturated rings. The van der Waals surface area contributed by atoms with Gasteiger partial charge in [-0.15, -0.1) is 0 Å². The Morgan fingerprint density at radius 3 is 3.17 bits per heavy atom. The van der Waals surface area contributed by atoms with Gasteiger partial charge in [0.25, 0.3) is 0 Å². The number of hydrogen-bond acceptors (Lipinski definition) is 2. The fraction of sp³-hybridized carbons (Fsp3) is 0.300. The zero-order valence-electron chi connectivity index (χ0n) is 6.96. The van der Waals surface area contributed by atoms with Gasteiger partial charge in [0.1, 0.15) is 0 Å². The fourth-order valence-corrected chi connectivity index (χ4v) is 1.65. The maximum absolute atomic E-state index is 8.81. The molecule has 1 aromatic rings. The largest absolute Gasteiger partial charge is 0.383 e. The Morgan fingerprint density at radius 1 is 1.58 bits per heavy atom. The van der Waals surface area contributed by atoms with Gasteiger partial charge in [0.05, 0.1) is 12.0 Å². The van der Waals surface area contributed by atoms with Crippen LogP contribution in [-0.4, -0.2) is 6.54 Å². The smallest absolute Gasteiger partial charge is 0.0905 e. The van der Waals surface area contributed by atoms with E-state index in [2.05, 4.69) is 24.4 Å². The van der Waals surface area contributed by atoms with Crippen LogP contribution in [0, 0.1) is 18.3 Å². The molecule has 2 heteroatoms. The Morgan fingerprint density at radius 2 is 2.42 bits per heavy atom. The van der Waals surface area contributed by atoms with E-state index in [1.807, 2.05) is 12.1 Å². The van der Waals surface area contributed by atoms with Gasteiger partial charge in [-0.3, -0.25) is 0 Å². The molecule has 2 nitrogen and oxygen atoms in total. The van der Waals surface area contributed by atoms with Crippen molar-refractivity contribution in [2.24, 2.45) is 0 Å². The van der Waals surface area contributed by atoms with Gasteiger partial charge in [-0.05, 0) is 18.1 Å². The minimum atomic E-state index is 0.0416. The molecule has 0 saturated heterocycles. The number of hydrogen-bond donors (Lipinski definition) is 1. The van der Waals surface area contributed by atoms with E-state index in [0.717, 1.165) is 17.8 Å². The van der Waals surface area contributed by atoms with Gasteiger partial charge in [-0.1, -0.05) is 18.2 Å². The average molecular weight is 158 g/mol. The van der Waals surface area contributed by atoms with Crippen LogP contribution in [0.3, 0.4) is 0 Å². The predicted molar refractivity (Wildman–Crippen MR) is 48.0 cm³/mol. The van der Waals surface area contributed by atoms with Crippen LogP contribution in [0.2, 0.25) is 0 Å². The number of anilines is 1. The fourth-order valence-electron chi connectivity index (χ4n) is 1.65. The summed E-state index contributed by atoms with van der Waals surface area (Å²) in [5.41, 5.74) is 3.53. The van der Waals surface area contributed by atoms with E-state index in [9.17, 15) is 0 Å². The Bertz CT molecular complexity index is 349. The number of nitriles is 1. The molecule has 0 aliphatic carbocycles. The maximum atomic E-state index is 8.81. The van der Waals surface area contributed by atoms with Crippen molar-refractivity contribution in [2.75, 3.05) is 11.9 Å². The van der Waals surface area contributed by atoms with Gasteiger partial charge in [-0.2, -0.15) is 5.26 Å². The van der Waals surface area contributed by atoms with E-state index >= 15 is 0 Å². The zero-order chi connectivity index (χ0) is 8.55. The number of nitrogens with zero attached hydrogens (tertiary/aromatic N) is 1. The lowest BCUT2D eigenvalue weighted by Gasteiger charge is -2.02. The van der Waals surface area contributed by atoms with Crippen molar-refractivity contribution in [3.8, 4) is 6.07 Å². The second kappa shape index (κ2) is 2.53. The zero-order valence-corrected chi connectivity index (χ0v) is 6.96. The lowest BCUT2D eigenvalue weighted by atomic mass is 10.0. The Balaban J connectivity index is 2.55. The third-order valence-corrected chi connectivity index (χ3v) is 2.32. The highest BCUT2D eigenvalue weighted by atomic mass is 14.9. The first-order valence-electron chi connectivity index (χ1n) is 4.06. The van der Waals surface area contributed by atoms with Crippen LogP contribution in [0.4, 0.5) is 5.69 Å². The summed E-state index contributed by atoms with van der Waals surface area (Å²) in [6.45, 7) is 2.82. The quantitative estimate of drug-likeness (QED) is 0.627. The molecule has 1 aliphatic rings. The lowest BCUT2D eigenvalue weighted by molar-refractivity contribution is 0.963. The summed E-state index contributed by atoms with van der Waals surface area (Å²) in [4.78, 5) is 0. The molecule has 0 spiro atoms. The molecule has 0 radical (unpaired) electrons. The summed E-state index contributed by atoms with van der Waals surface area (Å²) < 4.78 is 0. The number of fused-ring (bicyclic) bond motifs is 1. The van der Waals surface area contributed by atoms with Crippen molar-refractivity contribution in [1.29, 1.82) is 5.26 Å². The third-order valence-electron chi connectivity index (χ3n) is 2.32. The molecule has 2 rings (SSSR count). The monoisotopic (exact) mass is 158 g/mol. The maximum Gasteiger partial charge on any atom is 0.0905 e. The van der Waals surface area contributed by atoms with Crippen LogP contribution >= 0.6 is 0 Å². The summed E-state index contributed by atoms with van der Waals surface area (Å²) in [7, 11) is 0. The third kappa shape index (κ3) is 0.868. The van der Waals surface area contributed by atoms with Crippen molar-refractivity contribution < 1.29 is 0 Å². The minimum Gasteiger partial charge on any atom is -0.383 e. The number of para-hydroxylation sites is 1. The van der Waals surface area contributed by atoms with E-state index in [4.69, 9.17) is 5.26 Å². The molecule has 0 saturated carbocycles. The van der Waals surface area contributed by atoms with Crippen molar-refractivity contribution in [3.05, 3.63) is 29.3 Å². The average Bonchev–Trinajstić information content (AvgIpc) is 2.49. The molecule has 0 aromatic heterocycles. The van der Waals surface area contributed by atoms with E-state index in [1.54, 1.807) is 0 Å². The topological polar surface area (TPSA) is 35.8 Å². The van der Waals surface area contributed by atoms with E-state index < -0.39 is 0 Å². The molecular formula is C10H10N2. The van der Waals surface area contributed by atoms with Crippen molar-refractivity contribution >= 4 is 5.69 Å². The van der Waals surface area contributed by atoms with Gasteiger partial charge >= 0.3 is 0 Å². The summed E-state index contributed by atoms with van der Waals surface area (Å²) in [6.07, 6.45) is 0. The highest BCUT2D eigenvalue weighted by Gasteiger charge is 2.22. The van der Waals surface area contributed by atoms with Crippen molar-refractivity contribution in [3.63, 3.8) is 0 Å². The molecule has 1 N–H and O–H groups in total. The second-order valence-electron chi connectivity index (χ2n) is 3.10. The number of nitrogens with one attached hydrogen (secondary N) is 1. The molecule has 12 heavy (non-hydrogen) atoms. The van der Waals surface area contributed by atoms with Crippen LogP contribution in [0.15, 0.2) is 18.2 Å². The summed E-state index contributed by atoms with van der Waals surface area (Å²) in [5, 5.41) is 12.1. The number of rotatable bonds is 0. The van der Waals surface area contributed by atoms with Gasteiger partial charge in [-0.25, -0.2) is 0 Å². The molecule has 1 aromatic carbocycles. The van der Waals surface area contributed by atoms with Crippen molar-refractivity contribution in [1.82, 2.24) is 0 Å². The minimum absolute atomic E-state index is 0.0416. The highest BCUT2D eigenvalue weighted by Crippen LogP contribution is 2.32. The standard InChI is InChI=1S/C10H10N2/c1-7-3-2-4-9-8(5-11)6-12-10(7)9/h2-4,8,12H,6H2,1H3. The van der Waals surface area contributed by atoms with Crippen LogP contribution < -0.4 is 5.32 Å². The first kappa shape index (κ1) is 7.17. The molecule has 0 bridgehead atoms. The second-order valence-corrected chi connectivity index (χ2v) is 3.10. The molecule has 1 unspecified atom stereocenters. The summed E-state index contributed by atoms with van der Waals surface area (Å²) >= 11 is 0. The molecule has 1 aliphatic heterocycles. The van der Waals surface area contributed by atoms with Crippen molar-refractivity contribution in [2.45, 2.75) is 12.8 Å². The summed E-state index contributed by atoms with van der Waals surface area (Å²) in [6, 6.07) is 8.38. The molecular weight excluding hydrogens is 148 g/mol. The Hall–Kier alpha value is -1.49. The van der Waals surface area contributed by atoms with E-state index in [1.165, 1.54) is 5.56 Å². The lowest BCUT2D eigenvalue weighted by Crippen LogP contribution is -1.98. The molecule has 0 amide bonds. The first-order valence-corrected chi connectivity index (χ1v) is 4.06. The molecule has 1 heterocycles. The highest BCUT2D eigenvalue weighted by molar-refractivity contribution is 5.63. The number of benzene rings is 1. The SMILES string of the molecule is Cc1cccc2c1NCC2C#N. The van der Waals surface area contributed by atoms with Gasteiger partial charge < -0.3 is 5.32 Å². The predicted octanol–water partition coefficient (Wildman–Crippen LogP) is 2.03. The number of aryl methyl sites for hydroxylation is 1.